The number of amides is 6. The Kier molecular flexibility index (Phi) is 3.68. The van der Waals surface area contributed by atoms with Gasteiger partial charge in [-0.2, -0.15) is 0 Å². The van der Waals surface area contributed by atoms with Gasteiger partial charge < -0.3 is 0 Å². The Morgan fingerprint density at radius 2 is 1.28 bits per heavy atom. The summed E-state index contributed by atoms with van der Waals surface area (Å²) in [6, 6.07) is 0. The van der Waals surface area contributed by atoms with Crippen molar-refractivity contribution >= 4 is 35.4 Å². The van der Waals surface area contributed by atoms with Gasteiger partial charge >= 0.3 is 0 Å². The van der Waals surface area contributed by atoms with E-state index >= 15 is 0 Å². The quantitative estimate of drug-likeness (QED) is 0.382. The van der Waals surface area contributed by atoms with Crippen molar-refractivity contribution in [2.24, 2.45) is 46.8 Å². The highest BCUT2D eigenvalue weighted by Gasteiger charge is 2.72. The van der Waals surface area contributed by atoms with Crippen LogP contribution in [-0.4, -0.2) is 71.3 Å². The smallest absolute Gasteiger partial charge is 0.233 e. The van der Waals surface area contributed by atoms with E-state index in [1.54, 1.807) is 0 Å². The molecule has 0 N–H and O–H groups in total. The van der Waals surface area contributed by atoms with Crippen LogP contribution in [0, 0.1) is 46.8 Å². The van der Waals surface area contributed by atoms with Crippen LogP contribution in [-0.2, 0) is 28.8 Å². The van der Waals surface area contributed by atoms with E-state index in [9.17, 15) is 28.8 Å². The minimum atomic E-state index is -0.856. The van der Waals surface area contributed by atoms with Gasteiger partial charge in [0.15, 0.2) is 0 Å². The zero-order valence-corrected chi connectivity index (χ0v) is 18.2. The third-order valence-electron chi connectivity index (χ3n) is 9.50. The molecule has 2 saturated carbocycles. The maximum absolute atomic E-state index is 13.4. The van der Waals surface area contributed by atoms with Gasteiger partial charge in [-0.3, -0.25) is 43.5 Å². The zero-order chi connectivity index (χ0) is 22.9. The standard InChI is InChI=1S/C23H25N3O6/c1-24-18(28)11-7-14-15-12(19(29)25(2)21(15)31)6-9-4-5-10-16(22(32)26(3)17(10)27)23(9,14)8-13(11)20(24)30/h4,10-16H,5-8H2,1-3H3/t10-,11+,12-,13-,14-,15-,16+,23-/m0/s1. The first-order chi connectivity index (χ1) is 15.1. The second kappa shape index (κ2) is 5.94. The molecule has 3 heterocycles. The molecule has 6 amide bonds. The van der Waals surface area contributed by atoms with E-state index in [0.717, 1.165) is 10.5 Å². The average molecular weight is 439 g/mol. The largest absolute Gasteiger partial charge is 0.285 e. The summed E-state index contributed by atoms with van der Waals surface area (Å²) in [5.41, 5.74) is 0.0662. The van der Waals surface area contributed by atoms with Crippen LogP contribution in [0.25, 0.3) is 0 Å². The van der Waals surface area contributed by atoms with Crippen molar-refractivity contribution < 1.29 is 28.8 Å². The molecule has 0 aromatic heterocycles. The Morgan fingerprint density at radius 1 is 0.719 bits per heavy atom. The molecule has 5 fully saturated rings. The van der Waals surface area contributed by atoms with E-state index in [4.69, 9.17) is 0 Å². The number of fused-ring (bicyclic) bond motifs is 4. The van der Waals surface area contributed by atoms with Gasteiger partial charge in [-0.05, 0) is 31.6 Å². The van der Waals surface area contributed by atoms with Crippen LogP contribution in [0.15, 0.2) is 11.6 Å². The minimum Gasteiger partial charge on any atom is -0.285 e. The highest BCUT2D eigenvalue weighted by Crippen LogP contribution is 2.69. The molecule has 3 aliphatic heterocycles. The van der Waals surface area contributed by atoms with Gasteiger partial charge in [0.05, 0.1) is 35.5 Å². The first-order valence-electron chi connectivity index (χ1n) is 11.2. The van der Waals surface area contributed by atoms with E-state index in [-0.39, 0.29) is 48.3 Å². The van der Waals surface area contributed by atoms with E-state index < -0.39 is 46.8 Å². The molecule has 0 aromatic rings. The first kappa shape index (κ1) is 19.8. The molecular weight excluding hydrogens is 414 g/mol. The Balaban J connectivity index is 1.57. The summed E-state index contributed by atoms with van der Waals surface area (Å²) >= 11 is 0. The van der Waals surface area contributed by atoms with Crippen molar-refractivity contribution in [1.82, 2.24) is 14.7 Å². The second-order valence-electron chi connectivity index (χ2n) is 10.4. The van der Waals surface area contributed by atoms with Crippen LogP contribution in [0.2, 0.25) is 0 Å². The molecular formula is C23H25N3O6. The van der Waals surface area contributed by atoms with Gasteiger partial charge in [-0.1, -0.05) is 11.6 Å². The average Bonchev–Trinajstić information content (AvgIpc) is 3.23. The van der Waals surface area contributed by atoms with Crippen molar-refractivity contribution in [2.75, 3.05) is 21.1 Å². The molecule has 0 radical (unpaired) electrons. The number of hydrogen-bond acceptors (Lipinski definition) is 6. The lowest BCUT2D eigenvalue weighted by atomic mass is 9.42. The third-order valence-corrected chi connectivity index (χ3v) is 9.50. The zero-order valence-electron chi connectivity index (χ0n) is 18.2. The number of likely N-dealkylation sites (tertiary alicyclic amines) is 3. The van der Waals surface area contributed by atoms with Gasteiger partial charge in [-0.25, -0.2) is 0 Å². The van der Waals surface area contributed by atoms with Crippen LogP contribution in [0.1, 0.15) is 25.7 Å². The fourth-order valence-electron chi connectivity index (χ4n) is 8.08. The van der Waals surface area contributed by atoms with Gasteiger partial charge in [-0.15, -0.1) is 0 Å². The van der Waals surface area contributed by atoms with Crippen LogP contribution in [0.4, 0.5) is 0 Å². The minimum absolute atomic E-state index is 0.226. The summed E-state index contributed by atoms with van der Waals surface area (Å²) in [5, 5.41) is 0. The molecule has 1 spiro atoms. The lowest BCUT2D eigenvalue weighted by Gasteiger charge is -2.58. The molecule has 0 bridgehead atoms. The number of allylic oxidation sites excluding steroid dienone is 2. The summed E-state index contributed by atoms with van der Waals surface area (Å²) in [6.45, 7) is 0. The van der Waals surface area contributed by atoms with Gasteiger partial charge in [0, 0.05) is 26.6 Å². The summed E-state index contributed by atoms with van der Waals surface area (Å²) in [4.78, 5) is 81.8. The lowest BCUT2D eigenvalue weighted by molar-refractivity contribution is -0.151. The maximum Gasteiger partial charge on any atom is 0.233 e. The van der Waals surface area contributed by atoms with Gasteiger partial charge in [0.25, 0.3) is 0 Å². The molecule has 3 aliphatic carbocycles. The number of carbonyl (C=O) groups is 6. The van der Waals surface area contributed by atoms with Crippen LogP contribution in [0.3, 0.4) is 0 Å². The summed E-state index contributed by atoms with van der Waals surface area (Å²) in [6.07, 6.45) is 3.31. The predicted octanol–water partition coefficient (Wildman–Crippen LogP) is -0.190. The fraction of sp³-hybridized carbons (Fsp3) is 0.652. The first-order valence-corrected chi connectivity index (χ1v) is 11.2. The molecule has 168 valence electrons. The fourth-order valence-corrected chi connectivity index (χ4v) is 8.08. The van der Waals surface area contributed by atoms with Crippen molar-refractivity contribution in [3.63, 3.8) is 0 Å². The molecule has 6 aliphatic rings. The highest BCUT2D eigenvalue weighted by atomic mass is 16.2. The summed E-state index contributed by atoms with van der Waals surface area (Å²) in [7, 11) is 4.45. The van der Waals surface area contributed by atoms with Crippen LogP contribution < -0.4 is 0 Å². The SMILES string of the molecule is CN1C(=O)[C@H]2[C@H](CC3=CC[C@@H]4C(=O)N(C)C(=O)[C@@H]4[C@@]34C[C@@H]3C(=O)N(C)C(=O)[C@@H]3C[C@@H]24)C1=O. The highest BCUT2D eigenvalue weighted by molar-refractivity contribution is 6.09. The van der Waals surface area contributed by atoms with Crippen molar-refractivity contribution in [3.8, 4) is 0 Å². The molecule has 8 atom stereocenters. The third kappa shape index (κ3) is 1.97. The predicted molar refractivity (Wildman–Crippen MR) is 107 cm³/mol. The topological polar surface area (TPSA) is 112 Å². The number of rotatable bonds is 0. The molecule has 9 nitrogen and oxygen atoms in total. The lowest BCUT2D eigenvalue weighted by Crippen LogP contribution is -2.58. The number of nitrogens with zero attached hydrogens (tertiary/aromatic N) is 3. The monoisotopic (exact) mass is 439 g/mol. The Morgan fingerprint density at radius 3 is 2.00 bits per heavy atom. The molecule has 0 aromatic carbocycles. The number of hydrogen-bond donors (Lipinski definition) is 0. The molecule has 0 unspecified atom stereocenters. The summed E-state index contributed by atoms with van der Waals surface area (Å²) < 4.78 is 0. The molecule has 3 saturated heterocycles. The van der Waals surface area contributed by atoms with Crippen molar-refractivity contribution in [1.29, 1.82) is 0 Å². The Hall–Kier alpha value is -2.84. The Bertz CT molecular complexity index is 1070. The Labute approximate surface area is 184 Å². The molecule has 6 rings (SSSR count). The van der Waals surface area contributed by atoms with Crippen LogP contribution in [0.5, 0.6) is 0 Å². The van der Waals surface area contributed by atoms with E-state index in [1.807, 2.05) is 6.08 Å². The maximum atomic E-state index is 13.4. The van der Waals surface area contributed by atoms with E-state index in [1.165, 1.54) is 30.9 Å². The van der Waals surface area contributed by atoms with Crippen LogP contribution >= 0.6 is 0 Å². The van der Waals surface area contributed by atoms with Gasteiger partial charge in [0.1, 0.15) is 0 Å². The van der Waals surface area contributed by atoms with E-state index in [2.05, 4.69) is 0 Å². The summed E-state index contributed by atoms with van der Waals surface area (Å²) in [5.74, 6) is -5.42. The molecule has 9 heteroatoms. The van der Waals surface area contributed by atoms with Crippen molar-refractivity contribution in [2.45, 2.75) is 25.7 Å². The van der Waals surface area contributed by atoms with Gasteiger partial charge in [0.2, 0.25) is 35.4 Å². The second-order valence-corrected chi connectivity index (χ2v) is 10.4. The normalized spacial score (nSPS) is 45.0. The van der Waals surface area contributed by atoms with Crippen molar-refractivity contribution in [3.05, 3.63) is 11.6 Å². The molecule has 32 heavy (non-hydrogen) atoms. The number of carbonyl (C=O) groups excluding carboxylic acids is 6. The number of imide groups is 3. The van der Waals surface area contributed by atoms with E-state index in [0.29, 0.717) is 12.8 Å².